The van der Waals surface area contributed by atoms with E-state index in [0.29, 0.717) is 0 Å². The van der Waals surface area contributed by atoms with Crippen molar-refractivity contribution >= 4 is 17.6 Å². The monoisotopic (exact) mass is 410 g/mol. The van der Waals surface area contributed by atoms with Crippen molar-refractivity contribution in [3.8, 4) is 0 Å². The number of rotatable bonds is 3. The van der Waals surface area contributed by atoms with Crippen molar-refractivity contribution in [1.29, 1.82) is 0 Å². The minimum Gasteiger partial charge on any atom is -1.00 e. The molecule has 1 unspecified atom stereocenters. The van der Waals surface area contributed by atoms with Crippen LogP contribution in [0.3, 0.4) is 0 Å². The Morgan fingerprint density at radius 3 is 2.14 bits per heavy atom. The molecule has 0 nitrogen and oxygen atoms in total. The second-order valence-corrected chi connectivity index (χ2v) is 20.4. The van der Waals surface area contributed by atoms with E-state index in [-0.39, 0.29) is 47.2 Å². The summed E-state index contributed by atoms with van der Waals surface area (Å²) in [4.78, 5) is 0. The molecule has 0 spiro atoms. The van der Waals surface area contributed by atoms with Gasteiger partial charge in [0.15, 0.2) is 0 Å². The van der Waals surface area contributed by atoms with Gasteiger partial charge in [-0.05, 0) is 0 Å². The third-order valence-corrected chi connectivity index (χ3v) is 13.4. The molecule has 3 rings (SSSR count). The van der Waals surface area contributed by atoms with Crippen LogP contribution in [0, 0.1) is 0 Å². The van der Waals surface area contributed by atoms with E-state index in [2.05, 4.69) is 73.8 Å². The fourth-order valence-corrected chi connectivity index (χ4v) is 12.6. The van der Waals surface area contributed by atoms with Gasteiger partial charge in [-0.1, -0.05) is 0 Å². The smallest absolute Gasteiger partial charge is 1.00 e. The van der Waals surface area contributed by atoms with Crippen molar-refractivity contribution in [3.63, 3.8) is 0 Å². The van der Waals surface area contributed by atoms with Crippen LogP contribution >= 0.6 is 0 Å². The number of allylic oxidation sites excluding steroid dienone is 1. The fourth-order valence-electron chi connectivity index (χ4n) is 2.72. The second kappa shape index (κ2) is 8.48. The van der Waals surface area contributed by atoms with E-state index >= 15 is 0 Å². The Balaban J connectivity index is 0.00000110. The Bertz CT molecular complexity index is 611. The van der Waals surface area contributed by atoms with E-state index in [1.54, 1.807) is 11.1 Å². The first kappa shape index (κ1) is 18.9. The number of halogens is 2. The molecule has 2 aromatic rings. The van der Waals surface area contributed by atoms with Crippen LogP contribution < -0.4 is 24.8 Å². The third-order valence-electron chi connectivity index (χ3n) is 3.54. The van der Waals surface area contributed by atoms with Crippen LogP contribution in [0.1, 0.15) is 20.3 Å². The normalized spacial score (nSPS) is 15.4. The summed E-state index contributed by atoms with van der Waals surface area (Å²) in [5, 5.41) is 0. The number of fused-ring (bicyclic) bond motifs is 1. The summed E-state index contributed by atoms with van der Waals surface area (Å²) in [5.41, 5.74) is 6.09. The molecule has 0 aliphatic heterocycles. The van der Waals surface area contributed by atoms with Crippen molar-refractivity contribution in [2.24, 2.45) is 0 Å². The molecule has 0 aromatic heterocycles. The quantitative estimate of drug-likeness (QED) is 0.531. The van der Waals surface area contributed by atoms with E-state index in [1.807, 2.05) is 0 Å². The van der Waals surface area contributed by atoms with E-state index < -0.39 is 5.92 Å². The van der Waals surface area contributed by atoms with Crippen molar-refractivity contribution in [2.75, 3.05) is 0 Å². The van der Waals surface area contributed by atoms with Gasteiger partial charge in [0.1, 0.15) is 0 Å². The zero-order valence-electron chi connectivity index (χ0n) is 12.2. The SMILES string of the molecule is C[SiH](C)[Zr+2][CH]1C(c2ccccc2)=Cc2ccccc21.[Cl-].[Cl-]. The zero-order chi connectivity index (χ0) is 13.2. The maximum Gasteiger partial charge on any atom is -1.00 e. The first-order valence-electron chi connectivity index (χ1n) is 6.87. The molecule has 0 saturated carbocycles. The topological polar surface area (TPSA) is 0 Å². The van der Waals surface area contributed by atoms with Crippen molar-refractivity contribution < 1.29 is 47.2 Å². The van der Waals surface area contributed by atoms with Crippen LogP contribution in [0.2, 0.25) is 13.1 Å². The molecule has 0 N–H and O–H groups in total. The second-order valence-electron chi connectivity index (χ2n) is 5.35. The van der Waals surface area contributed by atoms with Crippen LogP contribution in [0.5, 0.6) is 0 Å². The third kappa shape index (κ3) is 4.20. The van der Waals surface area contributed by atoms with Crippen molar-refractivity contribution in [2.45, 2.75) is 16.7 Å². The Morgan fingerprint density at radius 1 is 0.857 bits per heavy atom. The van der Waals surface area contributed by atoms with E-state index in [1.165, 1.54) is 11.1 Å². The molecular formula is C17H18Cl2SiZr. The van der Waals surface area contributed by atoms with Crippen LogP contribution in [-0.4, -0.2) is 5.92 Å². The number of hydrogen-bond acceptors (Lipinski definition) is 0. The van der Waals surface area contributed by atoms with Crippen LogP contribution in [-0.2, 0) is 22.4 Å². The molecule has 1 aliphatic carbocycles. The van der Waals surface area contributed by atoms with Gasteiger partial charge >= 0.3 is 128 Å². The van der Waals surface area contributed by atoms with E-state index in [4.69, 9.17) is 0 Å². The number of hydrogen-bond donors (Lipinski definition) is 0. The predicted molar refractivity (Wildman–Crippen MR) is 82.4 cm³/mol. The minimum absolute atomic E-state index is 0. The summed E-state index contributed by atoms with van der Waals surface area (Å²) in [7, 11) is 0. The van der Waals surface area contributed by atoms with Gasteiger partial charge in [0, 0.05) is 0 Å². The van der Waals surface area contributed by atoms with Gasteiger partial charge in [0.05, 0.1) is 0 Å². The average Bonchev–Trinajstić information content (AvgIpc) is 2.78. The molecule has 1 atom stereocenters. The predicted octanol–water partition coefficient (Wildman–Crippen LogP) is -1.64. The summed E-state index contributed by atoms with van der Waals surface area (Å²) >= 11 is -0.313. The van der Waals surface area contributed by atoms with Crippen LogP contribution in [0.25, 0.3) is 11.6 Å². The van der Waals surface area contributed by atoms with Gasteiger partial charge in [0.25, 0.3) is 0 Å². The molecule has 0 saturated heterocycles. The summed E-state index contributed by atoms with van der Waals surface area (Å²) in [6, 6.07) is 20.0. The molecule has 0 heterocycles. The van der Waals surface area contributed by atoms with Gasteiger partial charge < -0.3 is 24.8 Å². The van der Waals surface area contributed by atoms with Crippen LogP contribution in [0.15, 0.2) is 54.6 Å². The first-order valence-corrected chi connectivity index (χ1v) is 15.4. The van der Waals surface area contributed by atoms with Gasteiger partial charge in [-0.2, -0.15) is 0 Å². The van der Waals surface area contributed by atoms with E-state index in [9.17, 15) is 0 Å². The largest absolute Gasteiger partial charge is 1.00 e. The Morgan fingerprint density at radius 2 is 1.48 bits per heavy atom. The summed E-state index contributed by atoms with van der Waals surface area (Å²) in [6.07, 6.45) is 2.44. The van der Waals surface area contributed by atoms with E-state index in [0.717, 1.165) is 3.63 Å². The van der Waals surface area contributed by atoms with Crippen molar-refractivity contribution in [1.82, 2.24) is 0 Å². The fraction of sp³-hybridized carbons (Fsp3) is 0.176. The molecule has 0 bridgehead atoms. The molecule has 108 valence electrons. The Kier molecular flexibility index (Phi) is 7.64. The molecular weight excluding hydrogens is 394 g/mol. The molecule has 21 heavy (non-hydrogen) atoms. The Hall–Kier alpha value is -0.140. The van der Waals surface area contributed by atoms with Crippen molar-refractivity contribution in [3.05, 3.63) is 71.3 Å². The standard InChI is InChI=1S/C15H11.C2H7Si.2ClH.Zr/c1-2-6-12(7-3-1)15-10-13-8-4-5-9-14(13)11-15;1-3-2;;;/h1-11H;3H,1-2H3;2*1H;/q;;;;+2/p-2. The zero-order valence-corrected chi connectivity index (χ0v) is 17.3. The Labute approximate surface area is 152 Å². The first-order chi connectivity index (χ1) is 9.25. The number of benzene rings is 2. The summed E-state index contributed by atoms with van der Waals surface area (Å²) in [6.45, 7) is 5.05. The maximum atomic E-state index is 2.52. The molecule has 1 aliphatic rings. The van der Waals surface area contributed by atoms with Gasteiger partial charge in [0.2, 0.25) is 0 Å². The molecule has 0 fully saturated rings. The van der Waals surface area contributed by atoms with Gasteiger partial charge in [-0.25, -0.2) is 0 Å². The molecule has 4 heteroatoms. The van der Waals surface area contributed by atoms with Crippen LogP contribution in [0.4, 0.5) is 0 Å². The summed E-state index contributed by atoms with van der Waals surface area (Å²) in [5.74, 6) is -0.415. The van der Waals surface area contributed by atoms with Gasteiger partial charge in [-0.15, -0.1) is 0 Å². The molecule has 0 radical (unpaired) electrons. The molecule has 2 aromatic carbocycles. The minimum atomic E-state index is -0.415. The van der Waals surface area contributed by atoms with Gasteiger partial charge in [-0.3, -0.25) is 0 Å². The molecule has 0 amide bonds. The maximum absolute atomic E-state index is 2.52. The average molecular weight is 413 g/mol. The summed E-state index contributed by atoms with van der Waals surface area (Å²) < 4.78 is 0.786.